The van der Waals surface area contributed by atoms with E-state index in [1.165, 1.54) is 16.7 Å². The maximum absolute atomic E-state index is 14.3. The van der Waals surface area contributed by atoms with Gasteiger partial charge in [-0.25, -0.2) is 8.42 Å². The third-order valence-corrected chi connectivity index (χ3v) is 9.55. The highest BCUT2D eigenvalue weighted by Crippen LogP contribution is 2.33. The summed E-state index contributed by atoms with van der Waals surface area (Å²) in [4.78, 5) is 30.2. The first-order valence-corrected chi connectivity index (χ1v) is 17.2. The SMILES string of the molecule is CCOc1ccccc1N(CC(=O)N(Cc1ccccc1C)[C@@H](CC)C(=O)NCC(C)C)S(=O)(=O)c1ccc(SC)cc1. The molecule has 3 rings (SSSR count). The lowest BCUT2D eigenvalue weighted by Gasteiger charge is -2.34. The summed E-state index contributed by atoms with van der Waals surface area (Å²) in [7, 11) is -4.21. The van der Waals surface area contributed by atoms with Crippen LogP contribution in [0.25, 0.3) is 0 Å². The second kappa shape index (κ2) is 15.8. The molecule has 0 aliphatic rings. The summed E-state index contributed by atoms with van der Waals surface area (Å²) in [5.41, 5.74) is 2.10. The molecule has 43 heavy (non-hydrogen) atoms. The van der Waals surface area contributed by atoms with Crippen LogP contribution < -0.4 is 14.4 Å². The smallest absolute Gasteiger partial charge is 0.264 e. The maximum Gasteiger partial charge on any atom is 0.264 e. The Kier molecular flexibility index (Phi) is 12.5. The highest BCUT2D eigenvalue weighted by molar-refractivity contribution is 7.98. The number of rotatable bonds is 15. The van der Waals surface area contributed by atoms with E-state index in [-0.39, 0.29) is 29.0 Å². The molecule has 10 heteroatoms. The van der Waals surface area contributed by atoms with E-state index < -0.39 is 28.5 Å². The van der Waals surface area contributed by atoms with Crippen molar-refractivity contribution in [2.24, 2.45) is 5.92 Å². The van der Waals surface area contributed by atoms with Gasteiger partial charge < -0.3 is 15.0 Å². The Morgan fingerprint density at radius 3 is 2.21 bits per heavy atom. The second-order valence-electron chi connectivity index (χ2n) is 10.6. The number of nitrogens with zero attached hydrogens (tertiary/aromatic N) is 2. The minimum absolute atomic E-state index is 0.0524. The van der Waals surface area contributed by atoms with Gasteiger partial charge in [-0.3, -0.25) is 13.9 Å². The van der Waals surface area contributed by atoms with Crippen LogP contribution in [0.4, 0.5) is 5.69 Å². The number of anilines is 1. The quantitative estimate of drug-likeness (QED) is 0.212. The first-order chi connectivity index (χ1) is 20.5. The van der Waals surface area contributed by atoms with Crippen LogP contribution >= 0.6 is 11.8 Å². The summed E-state index contributed by atoms with van der Waals surface area (Å²) in [6.45, 7) is 10.0. The number of benzene rings is 3. The first kappa shape index (κ1) is 34.0. The molecule has 0 saturated heterocycles. The van der Waals surface area contributed by atoms with E-state index in [4.69, 9.17) is 4.74 Å². The van der Waals surface area contributed by atoms with Crippen molar-refractivity contribution in [1.29, 1.82) is 0 Å². The highest BCUT2D eigenvalue weighted by atomic mass is 32.2. The molecule has 3 aromatic carbocycles. The zero-order valence-electron chi connectivity index (χ0n) is 25.9. The summed E-state index contributed by atoms with van der Waals surface area (Å²) in [6.07, 6.45) is 2.28. The molecule has 232 valence electrons. The number of aryl methyl sites for hydroxylation is 1. The lowest BCUT2D eigenvalue weighted by atomic mass is 10.1. The largest absolute Gasteiger partial charge is 0.492 e. The number of amides is 2. The van der Waals surface area contributed by atoms with Gasteiger partial charge in [0.15, 0.2) is 0 Å². The first-order valence-electron chi connectivity index (χ1n) is 14.5. The topological polar surface area (TPSA) is 96.0 Å². The number of carbonyl (C=O) groups excluding carboxylic acids is 2. The van der Waals surface area contributed by atoms with Crippen LogP contribution in [0, 0.1) is 12.8 Å². The summed E-state index contributed by atoms with van der Waals surface area (Å²) in [5.74, 6) is -0.190. The molecule has 0 saturated carbocycles. The molecule has 0 spiro atoms. The van der Waals surface area contributed by atoms with Crippen molar-refractivity contribution in [3.8, 4) is 5.75 Å². The Bertz CT molecular complexity index is 1480. The molecule has 0 aliphatic heterocycles. The van der Waals surface area contributed by atoms with Gasteiger partial charge in [0, 0.05) is 18.0 Å². The van der Waals surface area contributed by atoms with Crippen molar-refractivity contribution in [3.05, 3.63) is 83.9 Å². The van der Waals surface area contributed by atoms with Crippen LogP contribution in [0.2, 0.25) is 0 Å². The summed E-state index contributed by atoms with van der Waals surface area (Å²) >= 11 is 1.51. The number of hydrogen-bond donors (Lipinski definition) is 1. The molecule has 0 aromatic heterocycles. The minimum Gasteiger partial charge on any atom is -0.492 e. The fourth-order valence-corrected chi connectivity index (χ4v) is 6.47. The van der Waals surface area contributed by atoms with Crippen LogP contribution in [-0.4, -0.2) is 57.1 Å². The van der Waals surface area contributed by atoms with Gasteiger partial charge >= 0.3 is 0 Å². The van der Waals surface area contributed by atoms with Crippen LogP contribution in [-0.2, 0) is 26.2 Å². The van der Waals surface area contributed by atoms with Gasteiger partial charge in [0.05, 0.1) is 17.2 Å². The molecule has 8 nitrogen and oxygen atoms in total. The summed E-state index contributed by atoms with van der Waals surface area (Å²) in [5, 5.41) is 2.96. The predicted octanol–water partition coefficient (Wildman–Crippen LogP) is 5.89. The number of thioether (sulfide) groups is 1. The Balaban J connectivity index is 2.11. The zero-order chi connectivity index (χ0) is 31.6. The van der Waals surface area contributed by atoms with E-state index in [1.807, 2.05) is 65.1 Å². The van der Waals surface area contributed by atoms with E-state index in [0.717, 1.165) is 20.3 Å². The number of nitrogens with one attached hydrogen (secondary N) is 1. The van der Waals surface area contributed by atoms with E-state index >= 15 is 0 Å². The molecule has 0 fully saturated rings. The number of hydrogen-bond acceptors (Lipinski definition) is 6. The zero-order valence-corrected chi connectivity index (χ0v) is 27.5. The van der Waals surface area contributed by atoms with Gasteiger partial charge in [-0.1, -0.05) is 57.2 Å². The number of para-hydroxylation sites is 2. The Morgan fingerprint density at radius 1 is 0.953 bits per heavy atom. The fourth-order valence-electron chi connectivity index (χ4n) is 4.64. The van der Waals surface area contributed by atoms with Crippen molar-refractivity contribution in [3.63, 3.8) is 0 Å². The van der Waals surface area contributed by atoms with E-state index in [9.17, 15) is 18.0 Å². The average Bonchev–Trinajstić information content (AvgIpc) is 3.00. The molecule has 3 aromatic rings. The molecular formula is C33H43N3O5S2. The molecule has 1 atom stereocenters. The van der Waals surface area contributed by atoms with Crippen LogP contribution in [0.1, 0.15) is 45.2 Å². The standard InChI is InChI=1S/C33H43N3O5S2/c1-7-29(33(38)34-21-24(3)4)35(22-26-14-10-9-13-25(26)5)32(37)23-36(30-15-11-12-16-31(30)41-8-2)43(39,40)28-19-17-27(42-6)18-20-28/h9-20,24,29H,7-8,21-23H2,1-6H3,(H,34,38)/t29-/m0/s1. The lowest BCUT2D eigenvalue weighted by molar-refractivity contribution is -0.140. The van der Waals surface area contributed by atoms with Gasteiger partial charge in [0.25, 0.3) is 10.0 Å². The van der Waals surface area contributed by atoms with E-state index in [2.05, 4.69) is 5.32 Å². The third kappa shape index (κ3) is 8.76. The molecule has 0 radical (unpaired) electrons. The molecule has 0 aliphatic carbocycles. The lowest BCUT2D eigenvalue weighted by Crippen LogP contribution is -2.52. The Labute approximate surface area is 260 Å². The summed E-state index contributed by atoms with van der Waals surface area (Å²) < 4.78 is 35.3. The predicted molar refractivity (Wildman–Crippen MR) is 174 cm³/mol. The Hall–Kier alpha value is -3.50. The fraction of sp³-hybridized carbons (Fsp3) is 0.394. The molecule has 1 N–H and O–H groups in total. The number of carbonyl (C=O) groups is 2. The Morgan fingerprint density at radius 2 is 1.60 bits per heavy atom. The van der Waals surface area contributed by atoms with Crippen molar-refractivity contribution in [1.82, 2.24) is 10.2 Å². The molecule has 0 heterocycles. The third-order valence-electron chi connectivity index (χ3n) is 7.03. The molecular weight excluding hydrogens is 583 g/mol. The monoisotopic (exact) mass is 625 g/mol. The highest BCUT2D eigenvalue weighted by Gasteiger charge is 2.35. The molecule has 2 amide bonds. The van der Waals surface area contributed by atoms with Gasteiger partial charge in [0.2, 0.25) is 11.8 Å². The molecule has 0 unspecified atom stereocenters. The van der Waals surface area contributed by atoms with Crippen LogP contribution in [0.5, 0.6) is 5.75 Å². The van der Waals surface area contributed by atoms with Gasteiger partial charge in [0.1, 0.15) is 18.3 Å². The van der Waals surface area contributed by atoms with Crippen molar-refractivity contribution in [2.75, 3.05) is 30.3 Å². The van der Waals surface area contributed by atoms with Crippen LogP contribution in [0.15, 0.2) is 82.6 Å². The van der Waals surface area contributed by atoms with Crippen molar-refractivity contribution < 1.29 is 22.7 Å². The number of sulfonamides is 1. The normalized spacial score (nSPS) is 12.1. The van der Waals surface area contributed by atoms with E-state index in [1.54, 1.807) is 48.5 Å². The summed E-state index contributed by atoms with van der Waals surface area (Å²) in [6, 6.07) is 20.2. The van der Waals surface area contributed by atoms with Crippen molar-refractivity contribution in [2.45, 2.75) is 63.4 Å². The van der Waals surface area contributed by atoms with Crippen molar-refractivity contribution >= 4 is 39.3 Å². The van der Waals surface area contributed by atoms with Gasteiger partial charge in [-0.05, 0) is 80.0 Å². The maximum atomic E-state index is 14.3. The van der Waals surface area contributed by atoms with Gasteiger partial charge in [-0.15, -0.1) is 11.8 Å². The molecule has 0 bridgehead atoms. The second-order valence-corrected chi connectivity index (χ2v) is 13.3. The number of ether oxygens (including phenoxy) is 1. The minimum atomic E-state index is -4.21. The van der Waals surface area contributed by atoms with Crippen LogP contribution in [0.3, 0.4) is 0 Å². The average molecular weight is 626 g/mol. The van der Waals surface area contributed by atoms with E-state index in [0.29, 0.717) is 25.3 Å². The van der Waals surface area contributed by atoms with Gasteiger partial charge in [-0.2, -0.15) is 0 Å².